The average molecular weight is 411 g/mol. The van der Waals surface area contributed by atoms with Gasteiger partial charge in [-0.3, -0.25) is 9.59 Å². The van der Waals surface area contributed by atoms with Crippen molar-refractivity contribution in [2.45, 2.75) is 6.61 Å². The molecule has 0 saturated carbocycles. The number of nitrogens with one attached hydrogen (secondary N) is 1. The van der Waals surface area contributed by atoms with Crippen molar-refractivity contribution >= 4 is 23.2 Å². The number of hydrogen-bond acceptors (Lipinski definition) is 6. The topological polar surface area (TPSA) is 109 Å². The van der Waals surface area contributed by atoms with Crippen LogP contribution in [0.25, 0.3) is 5.65 Å². The number of nitriles is 1. The van der Waals surface area contributed by atoms with E-state index in [1.165, 1.54) is 12.3 Å². The van der Waals surface area contributed by atoms with Gasteiger partial charge in [-0.1, -0.05) is 24.3 Å². The quantitative estimate of drug-likeness (QED) is 0.369. The second kappa shape index (κ2) is 8.88. The van der Waals surface area contributed by atoms with Gasteiger partial charge in [-0.05, 0) is 36.4 Å². The molecule has 0 bridgehead atoms. The molecule has 4 aromatic rings. The highest BCUT2D eigenvalue weighted by molar-refractivity contribution is 6.15. The van der Waals surface area contributed by atoms with Crippen LogP contribution >= 0.6 is 0 Å². The lowest BCUT2D eigenvalue weighted by molar-refractivity contribution is -0.117. The third-order valence-electron chi connectivity index (χ3n) is 4.49. The van der Waals surface area contributed by atoms with Gasteiger partial charge in [0.1, 0.15) is 23.8 Å². The van der Waals surface area contributed by atoms with Crippen molar-refractivity contribution in [3.05, 3.63) is 90.5 Å². The van der Waals surface area contributed by atoms with Gasteiger partial charge in [-0.2, -0.15) is 5.26 Å². The minimum atomic E-state index is -1.50. The Kier molecular flexibility index (Phi) is 5.67. The molecule has 3 aromatic heterocycles. The Morgan fingerprint density at radius 3 is 2.77 bits per heavy atom. The van der Waals surface area contributed by atoms with Gasteiger partial charge in [0.05, 0.1) is 11.8 Å². The number of imidazole rings is 1. The number of nitrogens with zero attached hydrogens (tertiary/aromatic N) is 4. The molecular formula is C23H17N5O3. The predicted molar refractivity (Wildman–Crippen MR) is 112 cm³/mol. The fraction of sp³-hybridized carbons (Fsp3) is 0.0870. The Morgan fingerprint density at radius 1 is 1.13 bits per heavy atom. The van der Waals surface area contributed by atoms with Crippen molar-refractivity contribution in [2.75, 3.05) is 5.32 Å². The molecule has 4 rings (SSSR count). The summed E-state index contributed by atoms with van der Waals surface area (Å²) in [5, 5.41) is 11.9. The largest absolute Gasteiger partial charge is 0.487 e. The number of pyridine rings is 2. The second-order valence-electron chi connectivity index (χ2n) is 6.65. The first-order chi connectivity index (χ1) is 15.1. The maximum Gasteiger partial charge on any atom is 0.250 e. The number of benzene rings is 1. The SMILES string of the molecule is N#CC(C(=O)Nc1ccccn1)C(=O)c1cccc(OCc2cn3ccccc3n2)c1. The summed E-state index contributed by atoms with van der Waals surface area (Å²) >= 11 is 0. The summed E-state index contributed by atoms with van der Waals surface area (Å²) in [6.07, 6.45) is 5.25. The molecule has 0 aliphatic heterocycles. The molecule has 0 aliphatic rings. The highest BCUT2D eigenvalue weighted by atomic mass is 16.5. The lowest BCUT2D eigenvalue weighted by Crippen LogP contribution is -2.29. The fourth-order valence-electron chi connectivity index (χ4n) is 2.99. The maximum atomic E-state index is 12.8. The number of amides is 1. The summed E-state index contributed by atoms with van der Waals surface area (Å²) in [7, 11) is 0. The summed E-state index contributed by atoms with van der Waals surface area (Å²) in [4.78, 5) is 33.6. The van der Waals surface area contributed by atoms with E-state index in [0.717, 1.165) is 11.3 Å². The minimum absolute atomic E-state index is 0.204. The highest BCUT2D eigenvalue weighted by Gasteiger charge is 2.28. The van der Waals surface area contributed by atoms with Crippen molar-refractivity contribution in [2.24, 2.45) is 5.92 Å². The first-order valence-corrected chi connectivity index (χ1v) is 9.45. The molecule has 3 heterocycles. The van der Waals surface area contributed by atoms with Crippen molar-refractivity contribution in [1.82, 2.24) is 14.4 Å². The van der Waals surface area contributed by atoms with Crippen LogP contribution in [-0.4, -0.2) is 26.1 Å². The maximum absolute atomic E-state index is 12.8. The molecule has 0 spiro atoms. The van der Waals surface area contributed by atoms with Crippen LogP contribution in [-0.2, 0) is 11.4 Å². The van der Waals surface area contributed by atoms with Gasteiger partial charge in [0.2, 0.25) is 0 Å². The zero-order valence-electron chi connectivity index (χ0n) is 16.3. The van der Waals surface area contributed by atoms with Gasteiger partial charge in [0.25, 0.3) is 5.91 Å². The summed E-state index contributed by atoms with van der Waals surface area (Å²) in [5.41, 5.74) is 1.74. The summed E-state index contributed by atoms with van der Waals surface area (Å²) in [6.45, 7) is 0.209. The lowest BCUT2D eigenvalue weighted by atomic mass is 9.98. The molecule has 8 nitrogen and oxygen atoms in total. The van der Waals surface area contributed by atoms with E-state index in [-0.39, 0.29) is 18.0 Å². The van der Waals surface area contributed by atoms with E-state index in [4.69, 9.17) is 4.74 Å². The number of Topliss-reactive ketones (excluding diaryl/α,β-unsaturated/α-hetero) is 1. The number of rotatable bonds is 7. The highest BCUT2D eigenvalue weighted by Crippen LogP contribution is 2.19. The Bertz CT molecular complexity index is 1240. The molecular weight excluding hydrogens is 394 g/mol. The van der Waals surface area contributed by atoms with Crippen LogP contribution in [0.1, 0.15) is 16.1 Å². The Balaban J connectivity index is 1.45. The second-order valence-corrected chi connectivity index (χ2v) is 6.65. The van der Waals surface area contributed by atoms with Crippen molar-refractivity contribution in [1.29, 1.82) is 5.26 Å². The zero-order valence-corrected chi connectivity index (χ0v) is 16.3. The molecule has 1 unspecified atom stereocenters. The first-order valence-electron chi connectivity index (χ1n) is 9.45. The number of hydrogen-bond donors (Lipinski definition) is 1. The van der Waals surface area contributed by atoms with Crippen LogP contribution in [0.5, 0.6) is 5.75 Å². The fourth-order valence-corrected chi connectivity index (χ4v) is 2.99. The van der Waals surface area contributed by atoms with Crippen LogP contribution in [0, 0.1) is 17.2 Å². The number of aromatic nitrogens is 3. The van der Waals surface area contributed by atoms with Crippen molar-refractivity contribution in [3.8, 4) is 11.8 Å². The minimum Gasteiger partial charge on any atom is -0.487 e. The molecule has 0 aliphatic carbocycles. The van der Waals surface area contributed by atoms with E-state index >= 15 is 0 Å². The van der Waals surface area contributed by atoms with Crippen LogP contribution in [0.3, 0.4) is 0 Å². The van der Waals surface area contributed by atoms with Gasteiger partial charge in [0, 0.05) is 24.2 Å². The van der Waals surface area contributed by atoms with Crippen LogP contribution in [0.15, 0.2) is 79.3 Å². The van der Waals surface area contributed by atoms with Crippen molar-refractivity contribution in [3.63, 3.8) is 0 Å². The molecule has 152 valence electrons. The van der Waals surface area contributed by atoms with Gasteiger partial charge in [-0.25, -0.2) is 9.97 Å². The van der Waals surface area contributed by atoms with Gasteiger partial charge in [0.15, 0.2) is 11.7 Å². The van der Waals surface area contributed by atoms with E-state index in [1.54, 1.807) is 42.5 Å². The molecule has 0 radical (unpaired) electrons. The van der Waals surface area contributed by atoms with E-state index in [2.05, 4.69) is 15.3 Å². The molecule has 31 heavy (non-hydrogen) atoms. The summed E-state index contributed by atoms with van der Waals surface area (Å²) in [5.74, 6) is -2.15. The molecule has 0 fully saturated rings. The zero-order chi connectivity index (χ0) is 21.6. The average Bonchev–Trinajstić information content (AvgIpc) is 3.22. The molecule has 8 heteroatoms. The third-order valence-corrected chi connectivity index (χ3v) is 4.49. The number of fused-ring (bicyclic) bond motifs is 1. The van der Waals surface area contributed by atoms with E-state index in [9.17, 15) is 14.9 Å². The summed E-state index contributed by atoms with van der Waals surface area (Å²) in [6, 6.07) is 18.8. The number of carbonyl (C=O) groups is 2. The van der Waals surface area contributed by atoms with E-state index in [0.29, 0.717) is 5.75 Å². The Hall–Kier alpha value is -4.51. The molecule has 1 aromatic carbocycles. The van der Waals surface area contributed by atoms with Crippen LogP contribution < -0.4 is 10.1 Å². The normalized spacial score (nSPS) is 11.5. The van der Waals surface area contributed by atoms with Gasteiger partial charge >= 0.3 is 0 Å². The molecule has 1 atom stereocenters. The monoisotopic (exact) mass is 411 g/mol. The number of ketones is 1. The Morgan fingerprint density at radius 2 is 2.00 bits per heavy atom. The number of ether oxygens (including phenoxy) is 1. The molecule has 0 saturated heterocycles. The number of carbonyl (C=O) groups excluding carboxylic acids is 2. The van der Waals surface area contributed by atoms with E-state index < -0.39 is 17.6 Å². The van der Waals surface area contributed by atoms with Gasteiger partial charge in [-0.15, -0.1) is 0 Å². The lowest BCUT2D eigenvalue weighted by Gasteiger charge is -2.10. The van der Waals surface area contributed by atoms with Gasteiger partial charge < -0.3 is 14.5 Å². The van der Waals surface area contributed by atoms with Crippen molar-refractivity contribution < 1.29 is 14.3 Å². The van der Waals surface area contributed by atoms with E-state index in [1.807, 2.05) is 35.0 Å². The Labute approximate surface area is 177 Å². The third kappa shape index (κ3) is 4.57. The van der Waals surface area contributed by atoms with Crippen LogP contribution in [0.4, 0.5) is 5.82 Å². The predicted octanol–water partition coefficient (Wildman–Crippen LogP) is 3.27. The molecule has 1 amide bonds. The first kappa shape index (κ1) is 19.8. The smallest absolute Gasteiger partial charge is 0.250 e. The molecule has 1 N–H and O–H groups in total. The number of anilines is 1. The van der Waals surface area contributed by atoms with Crippen LogP contribution in [0.2, 0.25) is 0 Å². The standard InChI is InChI=1S/C23H17N5O3/c24-13-19(23(30)27-20-8-1-3-10-25-20)22(29)16-6-5-7-18(12-16)31-15-17-14-28-11-4-2-9-21(28)26-17/h1-12,14,19H,15H2,(H,25,27,30). The summed E-state index contributed by atoms with van der Waals surface area (Å²) < 4.78 is 7.65.